The zero-order valence-electron chi connectivity index (χ0n) is 13.8. The van der Waals surface area contributed by atoms with Crippen LogP contribution >= 0.6 is 0 Å². The van der Waals surface area contributed by atoms with Gasteiger partial charge in [0, 0.05) is 26.0 Å². The molecule has 1 aliphatic rings. The van der Waals surface area contributed by atoms with E-state index in [4.69, 9.17) is 9.47 Å². The molecule has 5 heteroatoms. The Morgan fingerprint density at radius 3 is 2.91 bits per heavy atom. The number of ether oxygens (including phenoxy) is 2. The maximum atomic E-state index is 12.1. The molecule has 22 heavy (non-hydrogen) atoms. The maximum absolute atomic E-state index is 12.1. The van der Waals surface area contributed by atoms with Gasteiger partial charge in [-0.05, 0) is 50.0 Å². The van der Waals surface area contributed by atoms with Crippen LogP contribution in [0.3, 0.4) is 0 Å². The van der Waals surface area contributed by atoms with Crippen molar-refractivity contribution in [1.82, 2.24) is 9.88 Å². The lowest BCUT2D eigenvalue weighted by molar-refractivity contribution is 0.0285. The minimum Gasteiger partial charge on any atom is -0.444 e. The summed E-state index contributed by atoms with van der Waals surface area (Å²) in [5.74, 6) is 0. The van der Waals surface area contributed by atoms with Gasteiger partial charge in [0.1, 0.15) is 5.60 Å². The second kappa shape index (κ2) is 6.92. The Balaban J connectivity index is 2.09. The minimum atomic E-state index is -0.490. The summed E-state index contributed by atoms with van der Waals surface area (Å²) in [6.45, 7) is 7.52. The van der Waals surface area contributed by atoms with Crippen LogP contribution in [0.5, 0.6) is 0 Å². The summed E-state index contributed by atoms with van der Waals surface area (Å²) in [7, 11) is 1.74. The number of aromatic nitrogens is 1. The van der Waals surface area contributed by atoms with Crippen LogP contribution in [0.4, 0.5) is 4.79 Å². The molecular formula is C17H24N2O3. The SMILES string of the molecule is CN(Cc1ccncc1/C=C1\CCOC1)C(=O)OC(C)(C)C. The maximum Gasteiger partial charge on any atom is 0.410 e. The number of hydrogen-bond acceptors (Lipinski definition) is 4. The summed E-state index contributed by atoms with van der Waals surface area (Å²) < 4.78 is 10.8. The highest BCUT2D eigenvalue weighted by molar-refractivity contribution is 5.68. The molecule has 0 aromatic carbocycles. The fourth-order valence-corrected chi connectivity index (χ4v) is 2.18. The molecule has 1 aromatic rings. The van der Waals surface area contributed by atoms with Crippen molar-refractivity contribution in [2.75, 3.05) is 20.3 Å². The van der Waals surface area contributed by atoms with E-state index in [0.29, 0.717) is 13.2 Å². The molecule has 2 rings (SSSR count). The third-order valence-corrected chi connectivity index (χ3v) is 3.27. The van der Waals surface area contributed by atoms with E-state index in [2.05, 4.69) is 11.1 Å². The Morgan fingerprint density at radius 2 is 2.27 bits per heavy atom. The third-order valence-electron chi connectivity index (χ3n) is 3.27. The van der Waals surface area contributed by atoms with Crippen LogP contribution < -0.4 is 0 Å². The van der Waals surface area contributed by atoms with E-state index in [1.807, 2.05) is 33.0 Å². The fraction of sp³-hybridized carbons (Fsp3) is 0.529. The monoisotopic (exact) mass is 304 g/mol. The smallest absolute Gasteiger partial charge is 0.410 e. The number of carbonyl (C=O) groups is 1. The van der Waals surface area contributed by atoms with Crippen molar-refractivity contribution in [3.05, 3.63) is 35.2 Å². The highest BCUT2D eigenvalue weighted by Crippen LogP contribution is 2.19. The average Bonchev–Trinajstić information content (AvgIpc) is 2.92. The molecular weight excluding hydrogens is 280 g/mol. The second-order valence-electron chi connectivity index (χ2n) is 6.52. The average molecular weight is 304 g/mol. The summed E-state index contributed by atoms with van der Waals surface area (Å²) in [5.41, 5.74) is 2.84. The highest BCUT2D eigenvalue weighted by atomic mass is 16.6. The summed E-state index contributed by atoms with van der Waals surface area (Å²) in [6.07, 6.45) is 6.30. The summed E-state index contributed by atoms with van der Waals surface area (Å²) >= 11 is 0. The molecule has 1 saturated heterocycles. The standard InChI is InChI=1S/C17H24N2O3/c1-17(2,3)22-16(20)19(4)11-14-5-7-18-10-15(14)9-13-6-8-21-12-13/h5,7,9-10H,6,8,11-12H2,1-4H3/b13-9+. The van der Waals surface area contributed by atoms with Crippen molar-refractivity contribution in [3.63, 3.8) is 0 Å². The number of carbonyl (C=O) groups excluding carboxylic acids is 1. The van der Waals surface area contributed by atoms with E-state index in [-0.39, 0.29) is 6.09 Å². The van der Waals surface area contributed by atoms with Crippen LogP contribution in [0.25, 0.3) is 6.08 Å². The van der Waals surface area contributed by atoms with Gasteiger partial charge in [-0.1, -0.05) is 6.08 Å². The van der Waals surface area contributed by atoms with Crippen molar-refractivity contribution < 1.29 is 14.3 Å². The number of hydrogen-bond donors (Lipinski definition) is 0. The molecule has 0 saturated carbocycles. The predicted molar refractivity (Wildman–Crippen MR) is 85.4 cm³/mol. The first-order valence-electron chi connectivity index (χ1n) is 7.49. The number of amides is 1. The molecule has 0 spiro atoms. The number of nitrogens with zero attached hydrogens (tertiary/aromatic N) is 2. The van der Waals surface area contributed by atoms with E-state index < -0.39 is 5.60 Å². The summed E-state index contributed by atoms with van der Waals surface area (Å²) in [4.78, 5) is 17.8. The van der Waals surface area contributed by atoms with Crippen LogP contribution in [0.2, 0.25) is 0 Å². The third kappa shape index (κ3) is 4.84. The number of pyridine rings is 1. The van der Waals surface area contributed by atoms with Crippen LogP contribution in [0.1, 0.15) is 38.3 Å². The lowest BCUT2D eigenvalue weighted by Crippen LogP contribution is -2.33. The molecule has 5 nitrogen and oxygen atoms in total. The quantitative estimate of drug-likeness (QED) is 0.860. The molecule has 1 amide bonds. The van der Waals surface area contributed by atoms with E-state index >= 15 is 0 Å². The van der Waals surface area contributed by atoms with Gasteiger partial charge in [0.25, 0.3) is 0 Å². The van der Waals surface area contributed by atoms with E-state index in [9.17, 15) is 4.79 Å². The van der Waals surface area contributed by atoms with Gasteiger partial charge in [0.15, 0.2) is 0 Å². The first-order valence-corrected chi connectivity index (χ1v) is 7.49. The zero-order chi connectivity index (χ0) is 16.2. The van der Waals surface area contributed by atoms with Crippen molar-refractivity contribution in [2.45, 2.75) is 39.3 Å². The van der Waals surface area contributed by atoms with Crippen LogP contribution in [0.15, 0.2) is 24.0 Å². The molecule has 0 atom stereocenters. The molecule has 1 aliphatic heterocycles. The molecule has 2 heterocycles. The van der Waals surface area contributed by atoms with Gasteiger partial charge in [0.2, 0.25) is 0 Å². The van der Waals surface area contributed by atoms with Crippen molar-refractivity contribution in [3.8, 4) is 0 Å². The van der Waals surface area contributed by atoms with Crippen molar-refractivity contribution >= 4 is 12.2 Å². The normalized spacial score (nSPS) is 16.8. The Bertz CT molecular complexity index is 553. The van der Waals surface area contributed by atoms with Gasteiger partial charge in [-0.3, -0.25) is 4.98 Å². The highest BCUT2D eigenvalue weighted by Gasteiger charge is 2.20. The Labute approximate surface area is 131 Å². The Kier molecular flexibility index (Phi) is 5.19. The number of rotatable bonds is 3. The lowest BCUT2D eigenvalue weighted by atomic mass is 10.1. The topological polar surface area (TPSA) is 51.7 Å². The van der Waals surface area contributed by atoms with Crippen LogP contribution in [0, 0.1) is 0 Å². The van der Waals surface area contributed by atoms with E-state index in [1.54, 1.807) is 18.1 Å². The first kappa shape index (κ1) is 16.5. The molecule has 1 aromatic heterocycles. The van der Waals surface area contributed by atoms with Gasteiger partial charge in [0.05, 0.1) is 13.2 Å². The molecule has 120 valence electrons. The molecule has 1 fully saturated rings. The minimum absolute atomic E-state index is 0.327. The van der Waals surface area contributed by atoms with Crippen molar-refractivity contribution in [2.24, 2.45) is 0 Å². The molecule has 0 radical (unpaired) electrons. The Morgan fingerprint density at radius 1 is 1.50 bits per heavy atom. The molecule has 0 bridgehead atoms. The van der Waals surface area contributed by atoms with Gasteiger partial charge in [-0.2, -0.15) is 0 Å². The van der Waals surface area contributed by atoms with Gasteiger partial charge < -0.3 is 14.4 Å². The van der Waals surface area contributed by atoms with E-state index in [1.165, 1.54) is 5.57 Å². The molecule has 0 unspecified atom stereocenters. The molecule has 0 aliphatic carbocycles. The van der Waals surface area contributed by atoms with Crippen molar-refractivity contribution in [1.29, 1.82) is 0 Å². The largest absolute Gasteiger partial charge is 0.444 e. The first-order chi connectivity index (χ1) is 10.3. The lowest BCUT2D eigenvalue weighted by Gasteiger charge is -2.25. The van der Waals surface area contributed by atoms with E-state index in [0.717, 1.165) is 24.2 Å². The zero-order valence-corrected chi connectivity index (χ0v) is 13.8. The fourth-order valence-electron chi connectivity index (χ4n) is 2.18. The predicted octanol–water partition coefficient (Wildman–Crippen LogP) is 3.25. The second-order valence-corrected chi connectivity index (χ2v) is 6.52. The van der Waals surface area contributed by atoms with Crippen LogP contribution in [-0.4, -0.2) is 41.8 Å². The summed E-state index contributed by atoms with van der Waals surface area (Å²) in [6, 6.07) is 1.93. The van der Waals surface area contributed by atoms with Gasteiger partial charge >= 0.3 is 6.09 Å². The van der Waals surface area contributed by atoms with Crippen LogP contribution in [-0.2, 0) is 16.0 Å². The Hall–Kier alpha value is -1.88. The van der Waals surface area contributed by atoms with Gasteiger partial charge in [-0.25, -0.2) is 4.79 Å². The van der Waals surface area contributed by atoms with Gasteiger partial charge in [-0.15, -0.1) is 0 Å². The molecule has 0 N–H and O–H groups in total. The summed E-state index contributed by atoms with van der Waals surface area (Å²) in [5, 5.41) is 0.